The molecule has 2 N–H and O–H groups in total. The van der Waals surface area contributed by atoms with Crippen molar-refractivity contribution in [1.82, 2.24) is 5.32 Å². The van der Waals surface area contributed by atoms with Gasteiger partial charge in [-0.2, -0.15) is 0 Å². The quantitative estimate of drug-likeness (QED) is 0.630. The van der Waals surface area contributed by atoms with Crippen molar-refractivity contribution in [2.75, 3.05) is 5.32 Å². The molecule has 1 aliphatic rings. The van der Waals surface area contributed by atoms with E-state index in [1.165, 1.54) is 0 Å². The summed E-state index contributed by atoms with van der Waals surface area (Å²) in [6, 6.07) is 24.0. The van der Waals surface area contributed by atoms with Crippen molar-refractivity contribution in [3.8, 4) is 0 Å². The highest BCUT2D eigenvalue weighted by Crippen LogP contribution is 2.26. The lowest BCUT2D eigenvalue weighted by molar-refractivity contribution is -0.135. The molecule has 6 nitrogen and oxygen atoms in total. The van der Waals surface area contributed by atoms with Gasteiger partial charge in [0.25, 0.3) is 0 Å². The van der Waals surface area contributed by atoms with Gasteiger partial charge in [-0.15, -0.1) is 0 Å². The minimum Gasteiger partial charge on any atom is -0.405 e. The smallest absolute Gasteiger partial charge is 0.340 e. The maximum Gasteiger partial charge on any atom is 0.340 e. The van der Waals surface area contributed by atoms with Gasteiger partial charge in [-0.1, -0.05) is 66.7 Å². The molecule has 30 heavy (non-hydrogen) atoms. The maximum atomic E-state index is 12.7. The molecule has 3 aromatic rings. The van der Waals surface area contributed by atoms with Crippen LogP contribution >= 0.6 is 0 Å². The van der Waals surface area contributed by atoms with Crippen molar-refractivity contribution < 1.29 is 14.3 Å². The van der Waals surface area contributed by atoms with Crippen molar-refractivity contribution in [2.45, 2.75) is 19.0 Å². The summed E-state index contributed by atoms with van der Waals surface area (Å²) in [4.78, 5) is 29.9. The van der Waals surface area contributed by atoms with Crippen LogP contribution in [0.2, 0.25) is 0 Å². The summed E-state index contributed by atoms with van der Waals surface area (Å²) in [5.41, 5.74) is 3.11. The number of nitrogens with one attached hydrogen (secondary N) is 2. The van der Waals surface area contributed by atoms with Crippen molar-refractivity contribution >= 4 is 23.6 Å². The minimum atomic E-state index is -0.884. The molecule has 0 saturated carbocycles. The number of nitrogens with zero attached hydrogens (tertiary/aromatic N) is 1. The van der Waals surface area contributed by atoms with Crippen LogP contribution in [-0.4, -0.2) is 23.9 Å². The number of aliphatic imine (C=N–C) groups is 1. The number of benzene rings is 3. The van der Waals surface area contributed by atoms with E-state index in [9.17, 15) is 9.59 Å². The molecule has 4 rings (SSSR count). The maximum absolute atomic E-state index is 12.7. The van der Waals surface area contributed by atoms with Gasteiger partial charge in [0.15, 0.2) is 6.04 Å². The van der Waals surface area contributed by atoms with Crippen LogP contribution in [-0.2, 0) is 9.53 Å². The average Bonchev–Trinajstić information content (AvgIpc) is 3.16. The van der Waals surface area contributed by atoms with Crippen molar-refractivity contribution in [1.29, 1.82) is 0 Å². The van der Waals surface area contributed by atoms with E-state index in [-0.39, 0.29) is 5.90 Å². The van der Waals surface area contributed by atoms with Gasteiger partial charge in [0.1, 0.15) is 0 Å². The number of carbonyl (C=O) groups excluding carboxylic acids is 2. The summed E-state index contributed by atoms with van der Waals surface area (Å²) < 4.78 is 5.42. The number of anilines is 1. The fourth-order valence-corrected chi connectivity index (χ4v) is 3.30. The monoisotopic (exact) mass is 399 g/mol. The number of amides is 2. The molecule has 0 spiro atoms. The molecular formula is C24H21N3O3. The minimum absolute atomic E-state index is 0.257. The van der Waals surface area contributed by atoms with E-state index in [1.54, 1.807) is 0 Å². The van der Waals surface area contributed by atoms with Gasteiger partial charge < -0.3 is 15.4 Å². The SMILES string of the molecule is Cc1ccccc1NC(=O)N[C@H](c1ccccc1)[C@H]1N=C(c2ccccc2)OC1=O. The predicted octanol–water partition coefficient (Wildman–Crippen LogP) is 4.23. The summed E-state index contributed by atoms with van der Waals surface area (Å²) in [5, 5.41) is 5.74. The Balaban J connectivity index is 1.61. The van der Waals surface area contributed by atoms with Gasteiger partial charge in [-0.05, 0) is 36.2 Å². The van der Waals surface area contributed by atoms with Crippen LogP contribution in [0.15, 0.2) is 89.9 Å². The van der Waals surface area contributed by atoms with Gasteiger partial charge in [-0.3, -0.25) is 0 Å². The Morgan fingerprint density at radius 3 is 2.27 bits per heavy atom. The third-order valence-electron chi connectivity index (χ3n) is 4.87. The lowest BCUT2D eigenvalue weighted by Gasteiger charge is -2.21. The van der Waals surface area contributed by atoms with E-state index in [0.717, 1.165) is 11.1 Å². The van der Waals surface area contributed by atoms with E-state index in [4.69, 9.17) is 4.74 Å². The van der Waals surface area contributed by atoms with E-state index in [0.29, 0.717) is 11.3 Å². The zero-order chi connectivity index (χ0) is 20.9. The molecule has 6 heteroatoms. The third-order valence-corrected chi connectivity index (χ3v) is 4.87. The van der Waals surface area contributed by atoms with Gasteiger partial charge in [-0.25, -0.2) is 14.6 Å². The number of aryl methyl sites for hydroxylation is 1. The number of rotatable bonds is 5. The Kier molecular flexibility index (Phi) is 5.57. The lowest BCUT2D eigenvalue weighted by atomic mass is 10.00. The van der Waals surface area contributed by atoms with Crippen LogP contribution in [0, 0.1) is 6.92 Å². The molecule has 0 unspecified atom stereocenters. The van der Waals surface area contributed by atoms with Crippen molar-refractivity contribution in [3.63, 3.8) is 0 Å². The van der Waals surface area contributed by atoms with E-state index < -0.39 is 24.1 Å². The van der Waals surface area contributed by atoms with E-state index in [1.807, 2.05) is 91.9 Å². The van der Waals surface area contributed by atoms with Gasteiger partial charge in [0.2, 0.25) is 5.90 Å². The van der Waals surface area contributed by atoms with Crippen LogP contribution in [0.1, 0.15) is 22.7 Å². The molecule has 2 atom stereocenters. The largest absolute Gasteiger partial charge is 0.405 e. The molecule has 0 radical (unpaired) electrons. The average molecular weight is 399 g/mol. The fraction of sp³-hybridized carbons (Fsp3) is 0.125. The van der Waals surface area contributed by atoms with Crippen LogP contribution in [0.3, 0.4) is 0 Å². The van der Waals surface area contributed by atoms with Crippen LogP contribution in [0.4, 0.5) is 10.5 Å². The summed E-state index contributed by atoms with van der Waals surface area (Å²) in [6.45, 7) is 1.91. The first-order chi connectivity index (χ1) is 14.6. The second-order valence-corrected chi connectivity index (χ2v) is 6.97. The molecule has 0 saturated heterocycles. The number of para-hydroxylation sites is 1. The standard InChI is InChI=1S/C24H21N3O3/c1-16-10-8-9-15-19(16)25-24(29)27-20(17-11-4-2-5-12-17)21-23(28)30-22(26-21)18-13-6-3-7-14-18/h2-15,20-21H,1H3,(H2,25,27,29)/t20-,21-/m1/s1. The molecule has 150 valence electrons. The second kappa shape index (κ2) is 8.61. The fourth-order valence-electron chi connectivity index (χ4n) is 3.30. The lowest BCUT2D eigenvalue weighted by Crippen LogP contribution is -2.40. The number of hydrogen-bond donors (Lipinski definition) is 2. The molecule has 1 heterocycles. The summed E-state index contributed by atoms with van der Waals surface area (Å²) >= 11 is 0. The Morgan fingerprint density at radius 2 is 1.57 bits per heavy atom. The molecule has 2 amide bonds. The van der Waals surface area contributed by atoms with Crippen LogP contribution < -0.4 is 10.6 Å². The second-order valence-electron chi connectivity index (χ2n) is 6.97. The Bertz CT molecular complexity index is 1080. The topological polar surface area (TPSA) is 79.8 Å². The number of cyclic esters (lactones) is 1. The molecule has 0 fully saturated rings. The first kappa shape index (κ1) is 19.4. The summed E-state index contributed by atoms with van der Waals surface area (Å²) in [7, 11) is 0. The highest BCUT2D eigenvalue weighted by Gasteiger charge is 2.38. The zero-order valence-corrected chi connectivity index (χ0v) is 16.4. The van der Waals surface area contributed by atoms with Gasteiger partial charge in [0, 0.05) is 11.3 Å². The number of carbonyl (C=O) groups is 2. The molecule has 3 aromatic carbocycles. The van der Waals surface area contributed by atoms with E-state index >= 15 is 0 Å². The van der Waals surface area contributed by atoms with Crippen LogP contribution in [0.25, 0.3) is 0 Å². The van der Waals surface area contributed by atoms with Crippen molar-refractivity contribution in [3.05, 3.63) is 102 Å². The molecule has 0 bridgehead atoms. The highest BCUT2D eigenvalue weighted by atomic mass is 16.6. The van der Waals surface area contributed by atoms with Gasteiger partial charge >= 0.3 is 12.0 Å². The van der Waals surface area contributed by atoms with E-state index in [2.05, 4.69) is 15.6 Å². The Hall–Kier alpha value is -3.93. The first-order valence-corrected chi connectivity index (χ1v) is 9.65. The summed E-state index contributed by atoms with van der Waals surface area (Å²) in [6.07, 6.45) is 0. The Labute approximate surface area is 174 Å². The number of urea groups is 1. The molecule has 1 aliphatic heterocycles. The number of esters is 1. The first-order valence-electron chi connectivity index (χ1n) is 9.65. The molecule has 0 aliphatic carbocycles. The molecule has 0 aromatic heterocycles. The molecular weight excluding hydrogens is 378 g/mol. The van der Waals surface area contributed by atoms with Crippen molar-refractivity contribution in [2.24, 2.45) is 4.99 Å². The number of ether oxygens (including phenoxy) is 1. The predicted molar refractivity (Wildman–Crippen MR) is 115 cm³/mol. The zero-order valence-electron chi connectivity index (χ0n) is 16.4. The van der Waals surface area contributed by atoms with Crippen LogP contribution in [0.5, 0.6) is 0 Å². The van der Waals surface area contributed by atoms with Gasteiger partial charge in [0.05, 0.1) is 6.04 Å². The highest BCUT2D eigenvalue weighted by molar-refractivity contribution is 6.06. The third kappa shape index (κ3) is 4.22. The Morgan fingerprint density at radius 1 is 0.933 bits per heavy atom. The summed E-state index contributed by atoms with van der Waals surface area (Å²) in [5.74, 6) is -0.244. The number of hydrogen-bond acceptors (Lipinski definition) is 4. The normalized spacial score (nSPS) is 16.4.